The molecule has 1 fully saturated rings. The van der Waals surface area contributed by atoms with E-state index in [0.717, 1.165) is 44.5 Å². The number of methoxy groups -OCH3 is 1. The zero-order valence-electron chi connectivity index (χ0n) is 18.2. The van der Waals surface area contributed by atoms with Crippen LogP contribution in [-0.2, 0) is 6.42 Å². The normalized spacial score (nSPS) is 22.4. The Balaban J connectivity index is 1.11. The van der Waals surface area contributed by atoms with Gasteiger partial charge < -0.3 is 4.74 Å². The molecule has 5 rings (SSSR count). The van der Waals surface area contributed by atoms with Crippen molar-refractivity contribution < 1.29 is 14.3 Å². The fraction of sp³-hybridized carbons (Fsp3) is 0.462. The van der Waals surface area contributed by atoms with Crippen molar-refractivity contribution in [3.05, 3.63) is 64.7 Å². The van der Waals surface area contributed by atoms with Crippen LogP contribution in [0.2, 0.25) is 0 Å². The number of nitrogens with zero attached hydrogens (tertiary/aromatic N) is 2. The van der Waals surface area contributed by atoms with Gasteiger partial charge in [0, 0.05) is 18.5 Å². The molecule has 2 aromatic rings. The first kappa shape index (κ1) is 20.3. The summed E-state index contributed by atoms with van der Waals surface area (Å²) in [4.78, 5) is 29.0. The number of unbranched alkanes of at least 4 members (excludes halogenated alkanes) is 2. The molecule has 1 saturated heterocycles. The smallest absolute Gasteiger partial charge is 0.261 e. The standard InChI is InChI=1S/C26H30N2O3/c1-31-24-11-7-10-18-19-14-17-27(23(19)13-12-20(18)24)15-5-2-6-16-28-25(29)21-8-3-4-9-22(21)26(28)30/h3-4,7-11,19,23H,2,5-6,12-17H2,1H3. The molecule has 0 saturated carbocycles. The quantitative estimate of drug-likeness (QED) is 0.498. The lowest BCUT2D eigenvalue weighted by Crippen LogP contribution is -2.36. The molecule has 5 heteroatoms. The van der Waals surface area contributed by atoms with Crippen molar-refractivity contribution in [1.29, 1.82) is 0 Å². The Hall–Kier alpha value is -2.66. The molecule has 0 bridgehead atoms. The third kappa shape index (κ3) is 3.55. The molecule has 3 aliphatic rings. The fourth-order valence-corrected chi connectivity index (χ4v) is 5.83. The topological polar surface area (TPSA) is 49.9 Å². The van der Waals surface area contributed by atoms with Gasteiger partial charge in [0.1, 0.15) is 5.75 Å². The van der Waals surface area contributed by atoms with E-state index in [0.29, 0.717) is 29.6 Å². The van der Waals surface area contributed by atoms with Gasteiger partial charge in [-0.25, -0.2) is 0 Å². The zero-order valence-corrected chi connectivity index (χ0v) is 18.2. The minimum absolute atomic E-state index is 0.140. The van der Waals surface area contributed by atoms with Crippen molar-refractivity contribution in [3.63, 3.8) is 0 Å². The van der Waals surface area contributed by atoms with E-state index in [-0.39, 0.29) is 11.8 Å². The molecule has 31 heavy (non-hydrogen) atoms. The first-order valence-electron chi connectivity index (χ1n) is 11.5. The average Bonchev–Trinajstić information content (AvgIpc) is 3.33. The molecule has 2 unspecified atom stereocenters. The van der Waals surface area contributed by atoms with E-state index in [1.165, 1.54) is 28.9 Å². The van der Waals surface area contributed by atoms with Crippen molar-refractivity contribution >= 4 is 11.8 Å². The number of benzene rings is 2. The summed E-state index contributed by atoms with van der Waals surface area (Å²) in [6, 6.07) is 14.3. The second kappa shape index (κ2) is 8.46. The van der Waals surface area contributed by atoms with Crippen LogP contribution in [0.1, 0.15) is 69.9 Å². The lowest BCUT2D eigenvalue weighted by Gasteiger charge is -2.34. The second-order valence-corrected chi connectivity index (χ2v) is 8.93. The zero-order chi connectivity index (χ0) is 21.4. The van der Waals surface area contributed by atoms with E-state index in [4.69, 9.17) is 4.74 Å². The predicted molar refractivity (Wildman–Crippen MR) is 120 cm³/mol. The largest absolute Gasteiger partial charge is 0.496 e. The Kier molecular flexibility index (Phi) is 5.53. The molecule has 0 aromatic heterocycles. The van der Waals surface area contributed by atoms with Crippen LogP contribution >= 0.6 is 0 Å². The van der Waals surface area contributed by atoms with Crippen LogP contribution in [0, 0.1) is 0 Å². The van der Waals surface area contributed by atoms with Crippen LogP contribution < -0.4 is 4.74 Å². The van der Waals surface area contributed by atoms with Gasteiger partial charge in [0.2, 0.25) is 0 Å². The Morgan fingerprint density at radius 2 is 1.65 bits per heavy atom. The number of imide groups is 1. The fourth-order valence-electron chi connectivity index (χ4n) is 5.83. The average molecular weight is 419 g/mol. The summed E-state index contributed by atoms with van der Waals surface area (Å²) in [7, 11) is 1.77. The summed E-state index contributed by atoms with van der Waals surface area (Å²) >= 11 is 0. The van der Waals surface area contributed by atoms with Gasteiger partial charge in [0.15, 0.2) is 0 Å². The van der Waals surface area contributed by atoms with Crippen molar-refractivity contribution in [2.24, 2.45) is 0 Å². The van der Waals surface area contributed by atoms with E-state index in [1.54, 1.807) is 19.2 Å². The monoisotopic (exact) mass is 418 g/mol. The van der Waals surface area contributed by atoms with E-state index >= 15 is 0 Å². The van der Waals surface area contributed by atoms with Gasteiger partial charge >= 0.3 is 0 Å². The highest BCUT2D eigenvalue weighted by molar-refractivity contribution is 6.21. The highest BCUT2D eigenvalue weighted by atomic mass is 16.5. The molecule has 2 heterocycles. The highest BCUT2D eigenvalue weighted by Gasteiger charge is 2.39. The molecule has 0 N–H and O–H groups in total. The Morgan fingerprint density at radius 1 is 0.903 bits per heavy atom. The van der Waals surface area contributed by atoms with Crippen LogP contribution in [0.4, 0.5) is 0 Å². The molecule has 2 amide bonds. The number of likely N-dealkylation sites (tertiary alicyclic amines) is 1. The van der Waals surface area contributed by atoms with Crippen LogP contribution in [0.25, 0.3) is 0 Å². The van der Waals surface area contributed by atoms with E-state index in [9.17, 15) is 9.59 Å². The number of amides is 2. The third-order valence-corrected chi connectivity index (χ3v) is 7.34. The molecule has 2 aromatic carbocycles. The van der Waals surface area contributed by atoms with Crippen LogP contribution in [0.15, 0.2) is 42.5 Å². The Labute approximate surface area is 184 Å². The number of fused-ring (bicyclic) bond motifs is 4. The van der Waals surface area contributed by atoms with Gasteiger partial charge in [-0.2, -0.15) is 0 Å². The summed E-state index contributed by atoms with van der Waals surface area (Å²) in [5.41, 5.74) is 3.99. The number of hydrogen-bond acceptors (Lipinski definition) is 4. The second-order valence-electron chi connectivity index (χ2n) is 8.93. The maximum absolute atomic E-state index is 12.5. The molecule has 162 valence electrons. The van der Waals surface area contributed by atoms with Crippen molar-refractivity contribution in [3.8, 4) is 5.75 Å². The molecule has 0 radical (unpaired) electrons. The number of rotatable bonds is 7. The maximum atomic E-state index is 12.5. The van der Waals surface area contributed by atoms with Gasteiger partial charge in [-0.15, -0.1) is 0 Å². The minimum Gasteiger partial charge on any atom is -0.496 e. The molecule has 5 nitrogen and oxygen atoms in total. The molecular formula is C26H30N2O3. The lowest BCUT2D eigenvalue weighted by atomic mass is 9.79. The van der Waals surface area contributed by atoms with Crippen molar-refractivity contribution in [1.82, 2.24) is 9.80 Å². The van der Waals surface area contributed by atoms with E-state index < -0.39 is 0 Å². The summed E-state index contributed by atoms with van der Waals surface area (Å²) in [6.45, 7) is 2.78. The Morgan fingerprint density at radius 3 is 2.39 bits per heavy atom. The summed E-state index contributed by atoms with van der Waals surface area (Å²) in [5, 5.41) is 0. The Bertz CT molecular complexity index is 967. The summed E-state index contributed by atoms with van der Waals surface area (Å²) < 4.78 is 5.59. The number of hydrogen-bond donors (Lipinski definition) is 0. The van der Waals surface area contributed by atoms with Gasteiger partial charge in [-0.05, 0) is 74.5 Å². The minimum atomic E-state index is -0.140. The number of carbonyl (C=O) groups excluding carboxylic acids is 2. The first-order chi connectivity index (χ1) is 15.2. The van der Waals surface area contributed by atoms with Gasteiger partial charge in [0.25, 0.3) is 11.8 Å². The SMILES string of the molecule is COc1cccc2c1CCC1C2CCN1CCCCCN1C(=O)c2ccccc2C1=O. The molecular weight excluding hydrogens is 388 g/mol. The van der Waals surface area contributed by atoms with Crippen LogP contribution in [0.5, 0.6) is 5.75 Å². The summed E-state index contributed by atoms with van der Waals surface area (Å²) in [6.07, 6.45) is 6.53. The van der Waals surface area contributed by atoms with Gasteiger partial charge in [-0.3, -0.25) is 19.4 Å². The maximum Gasteiger partial charge on any atom is 0.261 e. The molecule has 0 spiro atoms. The third-order valence-electron chi connectivity index (χ3n) is 7.34. The number of ether oxygens (including phenoxy) is 1. The van der Waals surface area contributed by atoms with Crippen molar-refractivity contribution in [2.45, 2.75) is 50.5 Å². The number of carbonyl (C=O) groups is 2. The highest BCUT2D eigenvalue weighted by Crippen LogP contribution is 2.44. The molecule has 2 atom stereocenters. The summed E-state index contributed by atoms with van der Waals surface area (Å²) in [5.74, 6) is 1.39. The van der Waals surface area contributed by atoms with Gasteiger partial charge in [0.05, 0.1) is 18.2 Å². The van der Waals surface area contributed by atoms with Crippen molar-refractivity contribution in [2.75, 3.05) is 26.7 Å². The predicted octanol–water partition coefficient (Wildman–Crippen LogP) is 4.27. The van der Waals surface area contributed by atoms with E-state index in [1.807, 2.05) is 12.1 Å². The van der Waals surface area contributed by atoms with E-state index in [2.05, 4.69) is 23.1 Å². The molecule has 2 aliphatic heterocycles. The van der Waals surface area contributed by atoms with Gasteiger partial charge in [-0.1, -0.05) is 30.7 Å². The lowest BCUT2D eigenvalue weighted by molar-refractivity contribution is 0.0651. The molecule has 1 aliphatic carbocycles. The van der Waals surface area contributed by atoms with Crippen LogP contribution in [0.3, 0.4) is 0 Å². The first-order valence-corrected chi connectivity index (χ1v) is 11.5. The van der Waals surface area contributed by atoms with Crippen LogP contribution in [-0.4, -0.2) is 54.4 Å².